The summed E-state index contributed by atoms with van der Waals surface area (Å²) in [7, 11) is 0. The van der Waals surface area contributed by atoms with Gasteiger partial charge in [0.2, 0.25) is 5.16 Å². The molecule has 0 aromatic carbocycles. The Morgan fingerprint density at radius 2 is 1.88 bits per heavy atom. The van der Waals surface area contributed by atoms with E-state index in [0.29, 0.717) is 27.8 Å². The van der Waals surface area contributed by atoms with Gasteiger partial charge in [-0.3, -0.25) is 9.59 Å². The molecule has 0 saturated heterocycles. The van der Waals surface area contributed by atoms with Crippen molar-refractivity contribution in [2.45, 2.75) is 51.9 Å². The lowest BCUT2D eigenvalue weighted by molar-refractivity contribution is 0.0988. The molecule has 0 aliphatic heterocycles. The van der Waals surface area contributed by atoms with E-state index < -0.39 is 5.25 Å². The second-order valence-electron chi connectivity index (χ2n) is 6.45. The van der Waals surface area contributed by atoms with E-state index in [9.17, 15) is 9.59 Å². The minimum atomic E-state index is -0.398. The molecule has 1 atom stereocenters. The number of hydrogen-bond acceptors (Lipinski definition) is 6. The van der Waals surface area contributed by atoms with Crippen LogP contribution in [0, 0.1) is 27.7 Å². The zero-order chi connectivity index (χ0) is 19.2. The number of Topliss-reactive ketones (excluding diaryl/α,β-unsaturated/α-hetero) is 2. The van der Waals surface area contributed by atoms with Crippen LogP contribution in [0.4, 0.5) is 0 Å². The van der Waals surface area contributed by atoms with Crippen LogP contribution < -0.4 is 0 Å². The van der Waals surface area contributed by atoms with Crippen LogP contribution in [0.2, 0.25) is 0 Å². The molecule has 3 rings (SSSR count). The molecule has 3 aromatic heterocycles. The fourth-order valence-corrected chi connectivity index (χ4v) is 3.94. The van der Waals surface area contributed by atoms with Crippen LogP contribution in [0.1, 0.15) is 57.3 Å². The summed E-state index contributed by atoms with van der Waals surface area (Å²) in [4.78, 5) is 36.5. The quantitative estimate of drug-likeness (QED) is 0.547. The Morgan fingerprint density at radius 3 is 2.50 bits per heavy atom. The molecule has 0 amide bonds. The van der Waals surface area contributed by atoms with E-state index in [0.717, 1.165) is 17.1 Å². The van der Waals surface area contributed by atoms with Gasteiger partial charge in [-0.15, -0.1) is 5.10 Å². The average molecular weight is 371 g/mol. The number of aromatic amines is 1. The van der Waals surface area contributed by atoms with E-state index >= 15 is 0 Å². The molecular formula is C18H21N5O2S. The van der Waals surface area contributed by atoms with Crippen LogP contribution in [0.3, 0.4) is 0 Å². The molecule has 26 heavy (non-hydrogen) atoms. The van der Waals surface area contributed by atoms with Gasteiger partial charge < -0.3 is 4.98 Å². The molecule has 0 aliphatic carbocycles. The lowest BCUT2D eigenvalue weighted by Gasteiger charge is -2.07. The van der Waals surface area contributed by atoms with E-state index in [1.807, 2.05) is 26.8 Å². The molecule has 3 heterocycles. The topological polar surface area (TPSA) is 93.0 Å². The molecular weight excluding hydrogens is 350 g/mol. The average Bonchev–Trinajstić information content (AvgIpc) is 3.06. The second-order valence-corrected chi connectivity index (χ2v) is 7.76. The van der Waals surface area contributed by atoms with Gasteiger partial charge in [-0.05, 0) is 53.2 Å². The number of aromatic nitrogens is 5. The molecule has 0 saturated carbocycles. The minimum Gasteiger partial charge on any atom is -0.355 e. The van der Waals surface area contributed by atoms with E-state index in [1.165, 1.54) is 18.7 Å². The first kappa shape index (κ1) is 18.3. The highest BCUT2D eigenvalue weighted by Crippen LogP contribution is 2.26. The second kappa shape index (κ2) is 6.68. The van der Waals surface area contributed by atoms with E-state index in [-0.39, 0.29) is 11.6 Å². The molecule has 0 aliphatic rings. The molecule has 0 fully saturated rings. The van der Waals surface area contributed by atoms with Gasteiger partial charge in [0, 0.05) is 22.6 Å². The third-order valence-corrected chi connectivity index (χ3v) is 5.24. The van der Waals surface area contributed by atoms with Crippen LogP contribution in [0.15, 0.2) is 11.2 Å². The van der Waals surface area contributed by atoms with Crippen LogP contribution >= 0.6 is 11.8 Å². The van der Waals surface area contributed by atoms with Crippen LogP contribution in [-0.2, 0) is 0 Å². The van der Waals surface area contributed by atoms with Crippen LogP contribution in [-0.4, -0.2) is 41.4 Å². The van der Waals surface area contributed by atoms with Gasteiger partial charge in [0.15, 0.2) is 11.6 Å². The zero-order valence-corrected chi connectivity index (χ0v) is 16.5. The number of carbonyl (C=O) groups is 2. The Hall–Kier alpha value is -2.48. The number of H-pyrrole nitrogens is 1. The number of thioether (sulfide) groups is 1. The Balaban J connectivity index is 1.87. The van der Waals surface area contributed by atoms with Gasteiger partial charge in [-0.25, -0.2) is 9.50 Å². The van der Waals surface area contributed by atoms with Crippen molar-refractivity contribution in [1.29, 1.82) is 0 Å². The van der Waals surface area contributed by atoms with E-state index in [2.05, 4.69) is 20.1 Å². The van der Waals surface area contributed by atoms with Gasteiger partial charge in [-0.2, -0.15) is 4.98 Å². The number of aryl methyl sites for hydroxylation is 3. The Labute approximate surface area is 155 Å². The summed E-state index contributed by atoms with van der Waals surface area (Å²) in [6.45, 7) is 10.8. The van der Waals surface area contributed by atoms with Crippen LogP contribution in [0.5, 0.6) is 0 Å². The SMILES string of the molecule is CC(=O)c1c(C)[nH]c(C(=O)[C@@H](C)Sc2nc3nc(C)cc(C)n3n2)c1C. The van der Waals surface area contributed by atoms with Crippen molar-refractivity contribution in [2.75, 3.05) is 0 Å². The lowest BCUT2D eigenvalue weighted by Crippen LogP contribution is -2.15. The van der Waals surface area contributed by atoms with Crippen molar-refractivity contribution in [3.63, 3.8) is 0 Å². The van der Waals surface area contributed by atoms with Crippen molar-refractivity contribution in [1.82, 2.24) is 24.6 Å². The molecule has 8 heteroatoms. The molecule has 136 valence electrons. The zero-order valence-electron chi connectivity index (χ0n) is 15.7. The predicted octanol–water partition coefficient (Wildman–Crippen LogP) is 3.25. The monoisotopic (exact) mass is 371 g/mol. The smallest absolute Gasteiger partial charge is 0.253 e. The molecule has 0 unspecified atom stereocenters. The maximum Gasteiger partial charge on any atom is 0.253 e. The molecule has 7 nitrogen and oxygen atoms in total. The standard InChI is InChI=1S/C18H21N5O2S/c1-8-7-9(2)23-17(19-8)21-18(22-23)26-13(6)16(25)15-10(3)14(12(5)24)11(4)20-15/h7,13,20H,1-6H3/t13-/m1/s1. The van der Waals surface area contributed by atoms with Crippen LogP contribution in [0.25, 0.3) is 5.78 Å². The van der Waals surface area contributed by atoms with Gasteiger partial charge in [-0.1, -0.05) is 11.8 Å². The van der Waals surface area contributed by atoms with Crippen molar-refractivity contribution in [3.8, 4) is 0 Å². The summed E-state index contributed by atoms with van der Waals surface area (Å²) in [6.07, 6.45) is 0. The third-order valence-electron chi connectivity index (χ3n) is 4.29. The Bertz CT molecular complexity index is 1030. The summed E-state index contributed by atoms with van der Waals surface area (Å²) in [5, 5.41) is 4.53. The fraction of sp³-hybridized carbons (Fsp3) is 0.389. The van der Waals surface area contributed by atoms with E-state index in [1.54, 1.807) is 18.4 Å². The number of nitrogens with one attached hydrogen (secondary N) is 1. The number of ketones is 2. The summed E-state index contributed by atoms with van der Waals surface area (Å²) in [5.41, 5.74) is 4.29. The summed E-state index contributed by atoms with van der Waals surface area (Å²) < 4.78 is 1.67. The van der Waals surface area contributed by atoms with E-state index in [4.69, 9.17) is 0 Å². The number of hydrogen-bond donors (Lipinski definition) is 1. The first-order valence-corrected chi connectivity index (χ1v) is 9.19. The minimum absolute atomic E-state index is 0.0467. The van der Waals surface area contributed by atoms with Crippen molar-refractivity contribution < 1.29 is 9.59 Å². The Morgan fingerprint density at radius 1 is 1.19 bits per heavy atom. The number of rotatable bonds is 5. The Kier molecular flexibility index (Phi) is 4.70. The van der Waals surface area contributed by atoms with Gasteiger partial charge >= 0.3 is 0 Å². The summed E-state index contributed by atoms with van der Waals surface area (Å²) in [5.74, 6) is 0.396. The summed E-state index contributed by atoms with van der Waals surface area (Å²) >= 11 is 1.28. The molecule has 3 aromatic rings. The van der Waals surface area contributed by atoms with Crippen molar-refractivity contribution in [2.24, 2.45) is 0 Å². The highest BCUT2D eigenvalue weighted by Gasteiger charge is 2.25. The lowest BCUT2D eigenvalue weighted by atomic mass is 10.0. The predicted molar refractivity (Wildman–Crippen MR) is 100 cm³/mol. The molecule has 1 N–H and O–H groups in total. The third kappa shape index (κ3) is 3.16. The van der Waals surface area contributed by atoms with Crippen molar-refractivity contribution >= 4 is 29.1 Å². The van der Waals surface area contributed by atoms with Gasteiger partial charge in [0.05, 0.1) is 10.9 Å². The fourth-order valence-electron chi connectivity index (χ4n) is 3.14. The molecule has 0 spiro atoms. The first-order valence-electron chi connectivity index (χ1n) is 8.31. The summed E-state index contributed by atoms with van der Waals surface area (Å²) in [6, 6.07) is 1.93. The molecule has 0 radical (unpaired) electrons. The van der Waals surface area contributed by atoms with Gasteiger partial charge in [0.25, 0.3) is 5.78 Å². The van der Waals surface area contributed by atoms with Crippen molar-refractivity contribution in [3.05, 3.63) is 40.0 Å². The highest BCUT2D eigenvalue weighted by molar-refractivity contribution is 8.00. The van der Waals surface area contributed by atoms with Gasteiger partial charge in [0.1, 0.15) is 0 Å². The largest absolute Gasteiger partial charge is 0.355 e. The maximum absolute atomic E-state index is 12.9. The number of nitrogens with zero attached hydrogens (tertiary/aromatic N) is 4. The highest BCUT2D eigenvalue weighted by atomic mass is 32.2. The first-order chi connectivity index (χ1) is 12.2. The normalized spacial score (nSPS) is 12.5. The maximum atomic E-state index is 12.9. The number of fused-ring (bicyclic) bond motifs is 1. The number of carbonyl (C=O) groups excluding carboxylic acids is 2. The molecule has 0 bridgehead atoms.